The molecule has 0 spiro atoms. The maximum atomic E-state index is 5.25. The third kappa shape index (κ3) is 2.91. The van der Waals surface area contributed by atoms with Gasteiger partial charge in [-0.2, -0.15) is 0 Å². The smallest absolute Gasteiger partial charge is 0.145 e. The molecule has 0 aliphatic heterocycles. The molecule has 0 amide bonds. The normalized spacial score (nSPS) is 9.53. The van der Waals surface area contributed by atoms with Crippen molar-refractivity contribution in [3.05, 3.63) is 30.5 Å². The molecule has 0 aromatic heterocycles. The third-order valence-electron chi connectivity index (χ3n) is 2.15. The van der Waals surface area contributed by atoms with Crippen LogP contribution in [0.5, 0.6) is 11.5 Å². The monoisotopic (exact) mass is 207 g/mol. The first-order valence-corrected chi connectivity index (χ1v) is 4.88. The van der Waals surface area contributed by atoms with Gasteiger partial charge in [-0.3, -0.25) is 0 Å². The Hall–Kier alpha value is -1.64. The predicted octanol–water partition coefficient (Wildman–Crippen LogP) is 3.04. The van der Waals surface area contributed by atoms with Crippen LogP contribution in [0.2, 0.25) is 0 Å². The molecule has 0 aliphatic rings. The predicted molar refractivity (Wildman–Crippen MR) is 62.6 cm³/mol. The summed E-state index contributed by atoms with van der Waals surface area (Å²) in [4.78, 5) is 0. The van der Waals surface area contributed by atoms with E-state index in [1.54, 1.807) is 14.2 Å². The van der Waals surface area contributed by atoms with Crippen molar-refractivity contribution in [1.82, 2.24) is 0 Å². The van der Waals surface area contributed by atoms with E-state index in [1.165, 1.54) is 0 Å². The maximum Gasteiger partial charge on any atom is 0.145 e. The van der Waals surface area contributed by atoms with Gasteiger partial charge in [-0.05, 0) is 18.6 Å². The number of methoxy groups -OCH3 is 2. The molecule has 0 unspecified atom stereocenters. The first-order valence-electron chi connectivity index (χ1n) is 4.88. The van der Waals surface area contributed by atoms with Crippen molar-refractivity contribution in [1.29, 1.82) is 0 Å². The summed E-state index contributed by atoms with van der Waals surface area (Å²) in [5.41, 5.74) is 1.86. The Morgan fingerprint density at radius 1 is 1.33 bits per heavy atom. The van der Waals surface area contributed by atoms with Crippen LogP contribution in [0.25, 0.3) is 0 Å². The van der Waals surface area contributed by atoms with Crippen molar-refractivity contribution in [3.8, 4) is 11.5 Å². The Morgan fingerprint density at radius 3 is 2.60 bits per heavy atom. The molecule has 1 aromatic rings. The molecule has 0 atom stereocenters. The molecule has 3 heteroatoms. The van der Waals surface area contributed by atoms with Crippen LogP contribution in [-0.2, 0) is 0 Å². The summed E-state index contributed by atoms with van der Waals surface area (Å²) in [5.74, 6) is 1.53. The van der Waals surface area contributed by atoms with Crippen LogP contribution in [0, 0.1) is 0 Å². The van der Waals surface area contributed by atoms with Gasteiger partial charge in [0, 0.05) is 11.8 Å². The molecular weight excluding hydrogens is 190 g/mol. The Balaban J connectivity index is 2.92. The summed E-state index contributed by atoms with van der Waals surface area (Å²) in [7, 11) is 3.27. The zero-order valence-corrected chi connectivity index (χ0v) is 9.46. The largest absolute Gasteiger partial charge is 0.497 e. The Kier molecular flexibility index (Phi) is 4.03. The molecule has 0 aliphatic carbocycles. The molecule has 15 heavy (non-hydrogen) atoms. The van der Waals surface area contributed by atoms with E-state index in [0.717, 1.165) is 29.3 Å². The van der Waals surface area contributed by atoms with Crippen molar-refractivity contribution in [2.45, 2.75) is 13.3 Å². The summed E-state index contributed by atoms with van der Waals surface area (Å²) in [6, 6.07) is 5.64. The van der Waals surface area contributed by atoms with Gasteiger partial charge in [0.15, 0.2) is 0 Å². The van der Waals surface area contributed by atoms with Crippen LogP contribution in [0.1, 0.15) is 13.3 Å². The lowest BCUT2D eigenvalue weighted by molar-refractivity contribution is 0.395. The van der Waals surface area contributed by atoms with Gasteiger partial charge in [0.05, 0.1) is 19.9 Å². The number of allylic oxidation sites excluding steroid dienone is 1. The minimum absolute atomic E-state index is 0.754. The van der Waals surface area contributed by atoms with Crippen molar-refractivity contribution >= 4 is 5.69 Å². The molecule has 0 radical (unpaired) electrons. The fraction of sp³-hybridized carbons (Fsp3) is 0.333. The van der Waals surface area contributed by atoms with Gasteiger partial charge in [-0.1, -0.05) is 13.5 Å². The number of hydrogen-bond donors (Lipinski definition) is 1. The van der Waals surface area contributed by atoms with Crippen molar-refractivity contribution in [2.75, 3.05) is 19.5 Å². The van der Waals surface area contributed by atoms with Gasteiger partial charge in [0.1, 0.15) is 11.5 Å². The van der Waals surface area contributed by atoms with Crippen LogP contribution >= 0.6 is 0 Å². The molecule has 0 saturated heterocycles. The highest BCUT2D eigenvalue weighted by Crippen LogP contribution is 2.29. The topological polar surface area (TPSA) is 30.5 Å². The van der Waals surface area contributed by atoms with Crippen LogP contribution in [0.15, 0.2) is 30.5 Å². The van der Waals surface area contributed by atoms with Gasteiger partial charge < -0.3 is 14.8 Å². The van der Waals surface area contributed by atoms with Gasteiger partial charge in [-0.25, -0.2) is 0 Å². The van der Waals surface area contributed by atoms with E-state index in [1.807, 2.05) is 25.1 Å². The van der Waals surface area contributed by atoms with Crippen LogP contribution in [-0.4, -0.2) is 14.2 Å². The molecule has 1 N–H and O–H groups in total. The average molecular weight is 207 g/mol. The van der Waals surface area contributed by atoms with Gasteiger partial charge in [-0.15, -0.1) is 0 Å². The summed E-state index contributed by atoms with van der Waals surface area (Å²) >= 11 is 0. The number of ether oxygens (including phenoxy) is 2. The summed E-state index contributed by atoms with van der Waals surface area (Å²) < 4.78 is 10.4. The molecule has 0 bridgehead atoms. The van der Waals surface area contributed by atoms with Gasteiger partial charge in [0.25, 0.3) is 0 Å². The average Bonchev–Trinajstić information content (AvgIpc) is 2.29. The lowest BCUT2D eigenvalue weighted by Crippen LogP contribution is -1.99. The number of hydrogen-bond acceptors (Lipinski definition) is 3. The summed E-state index contributed by atoms with van der Waals surface area (Å²) in [6.07, 6.45) is 0.884. The van der Waals surface area contributed by atoms with Crippen molar-refractivity contribution < 1.29 is 9.47 Å². The van der Waals surface area contributed by atoms with Crippen LogP contribution in [0.3, 0.4) is 0 Å². The SMILES string of the molecule is C=C(CC)Nc1ccc(OC)cc1OC. The zero-order chi connectivity index (χ0) is 11.3. The van der Waals surface area contributed by atoms with Crippen LogP contribution < -0.4 is 14.8 Å². The fourth-order valence-corrected chi connectivity index (χ4v) is 1.18. The molecule has 82 valence electrons. The van der Waals surface area contributed by atoms with E-state index in [4.69, 9.17) is 9.47 Å². The number of rotatable bonds is 5. The second-order valence-electron chi connectivity index (χ2n) is 3.15. The second-order valence-corrected chi connectivity index (χ2v) is 3.15. The van der Waals surface area contributed by atoms with Crippen molar-refractivity contribution in [3.63, 3.8) is 0 Å². The van der Waals surface area contributed by atoms with Crippen molar-refractivity contribution in [2.24, 2.45) is 0 Å². The minimum Gasteiger partial charge on any atom is -0.497 e. The van der Waals surface area contributed by atoms with E-state index in [-0.39, 0.29) is 0 Å². The number of benzene rings is 1. The molecule has 1 aromatic carbocycles. The quantitative estimate of drug-likeness (QED) is 0.805. The van der Waals surface area contributed by atoms with Gasteiger partial charge in [0.2, 0.25) is 0 Å². The molecular formula is C12H17NO2. The van der Waals surface area contributed by atoms with E-state index in [9.17, 15) is 0 Å². The van der Waals surface area contributed by atoms with E-state index >= 15 is 0 Å². The van der Waals surface area contributed by atoms with E-state index < -0.39 is 0 Å². The highest BCUT2D eigenvalue weighted by atomic mass is 16.5. The highest BCUT2D eigenvalue weighted by molar-refractivity contribution is 5.61. The second kappa shape index (κ2) is 5.29. The Morgan fingerprint density at radius 2 is 2.07 bits per heavy atom. The fourth-order valence-electron chi connectivity index (χ4n) is 1.18. The lowest BCUT2D eigenvalue weighted by atomic mass is 10.2. The minimum atomic E-state index is 0.754. The zero-order valence-electron chi connectivity index (χ0n) is 9.46. The van der Waals surface area contributed by atoms with Crippen LogP contribution in [0.4, 0.5) is 5.69 Å². The van der Waals surface area contributed by atoms with E-state index in [0.29, 0.717) is 0 Å². The first kappa shape index (κ1) is 11.4. The summed E-state index contributed by atoms with van der Waals surface area (Å²) in [6.45, 7) is 5.94. The maximum absolute atomic E-state index is 5.25. The summed E-state index contributed by atoms with van der Waals surface area (Å²) in [5, 5.41) is 3.19. The molecule has 1 rings (SSSR count). The molecule has 3 nitrogen and oxygen atoms in total. The third-order valence-corrected chi connectivity index (χ3v) is 2.15. The van der Waals surface area contributed by atoms with Gasteiger partial charge >= 0.3 is 0 Å². The molecule has 0 fully saturated rings. The highest BCUT2D eigenvalue weighted by Gasteiger charge is 2.04. The molecule has 0 saturated carbocycles. The van der Waals surface area contributed by atoms with E-state index in [2.05, 4.69) is 11.9 Å². The number of anilines is 1. The number of nitrogens with one attached hydrogen (secondary N) is 1. The Bertz CT molecular complexity index is 347. The Labute approximate surface area is 90.7 Å². The standard InChI is InChI=1S/C12H17NO2/c1-5-9(2)13-11-7-6-10(14-3)8-12(11)15-4/h6-8,13H,2,5H2,1,3-4H3. The first-order chi connectivity index (χ1) is 7.21. The lowest BCUT2D eigenvalue weighted by Gasteiger charge is -2.13. The molecule has 0 heterocycles.